The molecule has 0 spiro atoms. The number of nitrogens with one attached hydrogen (secondary N) is 1. The molecule has 1 aliphatic carbocycles. The van der Waals surface area contributed by atoms with E-state index in [1.807, 2.05) is 54.1 Å². The number of carbonyl (C=O) groups excluding carboxylic acids is 1. The van der Waals surface area contributed by atoms with Gasteiger partial charge in [-0.2, -0.15) is 5.10 Å². The average molecular weight is 345 g/mol. The number of hydrogen-bond acceptors (Lipinski definition) is 2. The molecule has 0 radical (unpaired) electrons. The minimum Gasteiger partial charge on any atom is -0.350 e. The van der Waals surface area contributed by atoms with Crippen molar-refractivity contribution >= 4 is 5.91 Å². The Hall–Kier alpha value is -2.88. The smallest absolute Gasteiger partial charge is 0.271 e. The van der Waals surface area contributed by atoms with Crippen LogP contribution in [-0.2, 0) is 5.41 Å². The van der Waals surface area contributed by atoms with E-state index in [0.29, 0.717) is 12.2 Å². The van der Waals surface area contributed by atoms with Gasteiger partial charge in [-0.3, -0.25) is 4.79 Å². The summed E-state index contributed by atoms with van der Waals surface area (Å²) in [5.41, 5.74) is 3.77. The number of rotatable bonds is 5. The number of amides is 1. The first-order valence-corrected chi connectivity index (χ1v) is 9.14. The number of aryl methyl sites for hydroxylation is 1. The maximum Gasteiger partial charge on any atom is 0.271 e. The van der Waals surface area contributed by atoms with Crippen molar-refractivity contribution in [1.29, 1.82) is 0 Å². The van der Waals surface area contributed by atoms with Gasteiger partial charge in [0.05, 0.1) is 5.69 Å². The van der Waals surface area contributed by atoms with E-state index < -0.39 is 0 Å². The Morgan fingerprint density at radius 3 is 2.35 bits per heavy atom. The molecule has 4 rings (SSSR count). The molecule has 0 saturated heterocycles. The van der Waals surface area contributed by atoms with Crippen molar-refractivity contribution < 1.29 is 4.79 Å². The Morgan fingerprint density at radius 2 is 1.73 bits per heavy atom. The fraction of sp³-hybridized carbons (Fsp3) is 0.273. The predicted molar refractivity (Wildman–Crippen MR) is 103 cm³/mol. The zero-order valence-electron chi connectivity index (χ0n) is 15.0. The van der Waals surface area contributed by atoms with E-state index in [-0.39, 0.29) is 11.3 Å². The van der Waals surface area contributed by atoms with Crippen molar-refractivity contribution in [3.05, 3.63) is 83.7 Å². The summed E-state index contributed by atoms with van der Waals surface area (Å²) in [7, 11) is 0. The lowest BCUT2D eigenvalue weighted by Gasteiger charge is -2.42. The second kappa shape index (κ2) is 6.79. The topological polar surface area (TPSA) is 46.9 Å². The lowest BCUT2D eigenvalue weighted by molar-refractivity contribution is 0.0922. The molecule has 26 heavy (non-hydrogen) atoms. The van der Waals surface area contributed by atoms with Crippen LogP contribution in [-0.4, -0.2) is 22.2 Å². The Bertz CT molecular complexity index is 896. The van der Waals surface area contributed by atoms with Crippen LogP contribution < -0.4 is 5.32 Å². The Balaban J connectivity index is 1.49. The molecule has 0 unspecified atom stereocenters. The summed E-state index contributed by atoms with van der Waals surface area (Å²) in [6.07, 6.45) is 3.45. The lowest BCUT2D eigenvalue weighted by atomic mass is 9.64. The Labute approximate surface area is 153 Å². The van der Waals surface area contributed by atoms with Gasteiger partial charge in [0.25, 0.3) is 5.91 Å². The molecular formula is C22H23N3O. The van der Waals surface area contributed by atoms with Crippen molar-refractivity contribution in [3.8, 4) is 5.69 Å². The van der Waals surface area contributed by atoms with Crippen LogP contribution in [0.4, 0.5) is 0 Å². The molecule has 2 aromatic carbocycles. The van der Waals surface area contributed by atoms with Crippen LogP contribution >= 0.6 is 0 Å². The molecule has 1 amide bonds. The largest absolute Gasteiger partial charge is 0.350 e. The van der Waals surface area contributed by atoms with Gasteiger partial charge >= 0.3 is 0 Å². The fourth-order valence-electron chi connectivity index (χ4n) is 3.72. The van der Waals surface area contributed by atoms with Crippen molar-refractivity contribution in [1.82, 2.24) is 15.1 Å². The van der Waals surface area contributed by atoms with E-state index in [9.17, 15) is 4.79 Å². The molecule has 1 fully saturated rings. The molecule has 1 aliphatic rings. The maximum atomic E-state index is 12.7. The third kappa shape index (κ3) is 3.03. The van der Waals surface area contributed by atoms with Crippen molar-refractivity contribution in [2.24, 2.45) is 0 Å². The molecule has 4 nitrogen and oxygen atoms in total. The summed E-state index contributed by atoms with van der Waals surface area (Å²) >= 11 is 0. The van der Waals surface area contributed by atoms with Gasteiger partial charge < -0.3 is 5.32 Å². The zero-order chi connectivity index (χ0) is 18.0. The van der Waals surface area contributed by atoms with Crippen LogP contribution in [0, 0.1) is 6.92 Å². The van der Waals surface area contributed by atoms with Gasteiger partial charge in [0, 0.05) is 17.7 Å². The van der Waals surface area contributed by atoms with E-state index in [1.54, 1.807) is 0 Å². The summed E-state index contributed by atoms with van der Waals surface area (Å²) in [4.78, 5) is 12.7. The molecule has 1 N–H and O–H groups in total. The SMILES string of the molecule is Cc1cc(C(=O)NCC2(c3ccccc3)CCC2)nn1-c1ccccc1. The number of aromatic nitrogens is 2. The molecule has 0 aliphatic heterocycles. The van der Waals surface area contributed by atoms with Crippen molar-refractivity contribution in [2.45, 2.75) is 31.6 Å². The van der Waals surface area contributed by atoms with Gasteiger partial charge in [0.15, 0.2) is 5.69 Å². The number of hydrogen-bond donors (Lipinski definition) is 1. The molecule has 1 heterocycles. The first kappa shape index (κ1) is 16.6. The molecule has 4 heteroatoms. The highest BCUT2D eigenvalue weighted by molar-refractivity contribution is 5.92. The Morgan fingerprint density at radius 1 is 1.08 bits per heavy atom. The van der Waals surface area contributed by atoms with Gasteiger partial charge in [-0.1, -0.05) is 55.0 Å². The fourth-order valence-corrected chi connectivity index (χ4v) is 3.72. The molecule has 132 valence electrons. The average Bonchev–Trinajstić information content (AvgIpc) is 3.04. The highest BCUT2D eigenvalue weighted by atomic mass is 16.1. The molecule has 1 aromatic heterocycles. The van der Waals surface area contributed by atoms with E-state index in [2.05, 4.69) is 34.7 Å². The molecular weight excluding hydrogens is 322 g/mol. The van der Waals surface area contributed by atoms with E-state index in [1.165, 1.54) is 12.0 Å². The van der Waals surface area contributed by atoms with Crippen LogP contribution in [0.2, 0.25) is 0 Å². The third-order valence-corrected chi connectivity index (χ3v) is 5.40. The summed E-state index contributed by atoms with van der Waals surface area (Å²) in [5.74, 6) is -0.106. The lowest BCUT2D eigenvalue weighted by Crippen LogP contribution is -2.45. The monoisotopic (exact) mass is 345 g/mol. The van der Waals surface area contributed by atoms with E-state index in [0.717, 1.165) is 24.2 Å². The summed E-state index contributed by atoms with van der Waals surface area (Å²) in [6.45, 7) is 2.63. The van der Waals surface area contributed by atoms with Crippen LogP contribution in [0.15, 0.2) is 66.7 Å². The summed E-state index contributed by atoms with van der Waals surface area (Å²) in [5, 5.41) is 7.62. The Kier molecular flexibility index (Phi) is 4.33. The van der Waals surface area contributed by atoms with Gasteiger partial charge in [-0.05, 0) is 43.5 Å². The normalized spacial score (nSPS) is 15.3. The van der Waals surface area contributed by atoms with Crippen LogP contribution in [0.3, 0.4) is 0 Å². The van der Waals surface area contributed by atoms with Crippen LogP contribution in [0.5, 0.6) is 0 Å². The first-order valence-electron chi connectivity index (χ1n) is 9.14. The third-order valence-electron chi connectivity index (χ3n) is 5.40. The van der Waals surface area contributed by atoms with Gasteiger partial charge in [-0.15, -0.1) is 0 Å². The van der Waals surface area contributed by atoms with E-state index in [4.69, 9.17) is 0 Å². The zero-order valence-corrected chi connectivity index (χ0v) is 15.0. The maximum absolute atomic E-state index is 12.7. The number of nitrogens with zero attached hydrogens (tertiary/aromatic N) is 2. The van der Waals surface area contributed by atoms with Crippen molar-refractivity contribution in [2.75, 3.05) is 6.54 Å². The van der Waals surface area contributed by atoms with Gasteiger partial charge in [0.1, 0.15) is 0 Å². The highest BCUT2D eigenvalue weighted by Crippen LogP contribution is 2.43. The number of benzene rings is 2. The van der Waals surface area contributed by atoms with E-state index >= 15 is 0 Å². The predicted octanol–water partition coefficient (Wildman–Crippen LogP) is 4.03. The number of para-hydroxylation sites is 1. The van der Waals surface area contributed by atoms with Gasteiger partial charge in [0.2, 0.25) is 0 Å². The van der Waals surface area contributed by atoms with Crippen LogP contribution in [0.1, 0.15) is 41.0 Å². The standard InChI is InChI=1S/C22H23N3O/c1-17-15-20(24-25(17)19-11-6-3-7-12-19)21(26)23-16-22(13-8-14-22)18-9-4-2-5-10-18/h2-7,9-12,15H,8,13-14,16H2,1H3,(H,23,26). The quantitative estimate of drug-likeness (QED) is 0.759. The second-order valence-electron chi connectivity index (χ2n) is 7.10. The highest BCUT2D eigenvalue weighted by Gasteiger charge is 2.38. The molecule has 0 atom stereocenters. The minimum atomic E-state index is -0.106. The van der Waals surface area contributed by atoms with Gasteiger partial charge in [-0.25, -0.2) is 4.68 Å². The van der Waals surface area contributed by atoms with Crippen LogP contribution in [0.25, 0.3) is 5.69 Å². The molecule has 3 aromatic rings. The number of carbonyl (C=O) groups is 1. The first-order chi connectivity index (χ1) is 12.7. The van der Waals surface area contributed by atoms with Crippen molar-refractivity contribution in [3.63, 3.8) is 0 Å². The minimum absolute atomic E-state index is 0.0773. The second-order valence-corrected chi connectivity index (χ2v) is 7.10. The molecule has 0 bridgehead atoms. The molecule has 1 saturated carbocycles. The summed E-state index contributed by atoms with van der Waals surface area (Å²) < 4.78 is 1.81. The summed E-state index contributed by atoms with van der Waals surface area (Å²) in [6, 6.07) is 22.2.